The lowest BCUT2D eigenvalue weighted by Crippen LogP contribution is -2.30. The van der Waals surface area contributed by atoms with Crippen LogP contribution in [0.15, 0.2) is 24.3 Å². The molecular formula is C15H21FN2O3. The van der Waals surface area contributed by atoms with E-state index in [-0.39, 0.29) is 18.0 Å². The number of carbonyl (C=O) groups is 1. The van der Waals surface area contributed by atoms with Gasteiger partial charge in [-0.2, -0.15) is 0 Å². The molecule has 0 radical (unpaired) electrons. The third kappa shape index (κ3) is 6.10. The van der Waals surface area contributed by atoms with Crippen LogP contribution in [-0.4, -0.2) is 38.5 Å². The molecule has 2 N–H and O–H groups in total. The lowest BCUT2D eigenvalue weighted by atomic mass is 10.2. The highest BCUT2D eigenvalue weighted by Crippen LogP contribution is 2.11. The Kier molecular flexibility index (Phi) is 6.43. The fraction of sp³-hybridized carbons (Fsp3) is 0.533. The minimum atomic E-state index is -0.329. The molecule has 5 nitrogen and oxygen atoms in total. The van der Waals surface area contributed by atoms with Gasteiger partial charge in [-0.1, -0.05) is 0 Å². The Balaban J connectivity index is 1.49. The number of rotatable bonds is 7. The van der Waals surface area contributed by atoms with Crippen molar-refractivity contribution in [3.8, 4) is 0 Å². The lowest BCUT2D eigenvalue weighted by molar-refractivity contribution is 0.0168. The molecule has 0 spiro atoms. The second kappa shape index (κ2) is 8.59. The molecular weight excluding hydrogens is 275 g/mol. The van der Waals surface area contributed by atoms with Crippen molar-refractivity contribution in [3.05, 3.63) is 30.1 Å². The summed E-state index contributed by atoms with van der Waals surface area (Å²) >= 11 is 0. The summed E-state index contributed by atoms with van der Waals surface area (Å²) in [5, 5.41) is 5.35. The number of ether oxygens (including phenoxy) is 2. The maximum Gasteiger partial charge on any atom is 0.319 e. The molecule has 116 valence electrons. The normalized spacial score (nSPS) is 17.7. The number of nitrogens with one attached hydrogen (secondary N) is 2. The Labute approximate surface area is 123 Å². The van der Waals surface area contributed by atoms with Crippen molar-refractivity contribution in [1.82, 2.24) is 5.32 Å². The van der Waals surface area contributed by atoms with Crippen molar-refractivity contribution in [2.24, 2.45) is 0 Å². The number of halogens is 1. The molecule has 1 saturated heterocycles. The minimum Gasteiger partial charge on any atom is -0.379 e. The van der Waals surface area contributed by atoms with Crippen LogP contribution in [-0.2, 0) is 9.47 Å². The number of benzene rings is 1. The quantitative estimate of drug-likeness (QED) is 0.760. The van der Waals surface area contributed by atoms with Crippen molar-refractivity contribution < 1.29 is 18.7 Å². The van der Waals surface area contributed by atoms with Gasteiger partial charge in [0.05, 0.1) is 12.7 Å². The number of carbonyl (C=O) groups excluding carboxylic acids is 1. The average molecular weight is 296 g/mol. The Bertz CT molecular complexity index is 433. The summed E-state index contributed by atoms with van der Waals surface area (Å²) < 4.78 is 23.6. The number of hydrogen-bond acceptors (Lipinski definition) is 3. The number of urea groups is 1. The van der Waals surface area contributed by atoms with Gasteiger partial charge in [-0.15, -0.1) is 0 Å². The van der Waals surface area contributed by atoms with Gasteiger partial charge in [0, 0.05) is 25.4 Å². The molecule has 1 fully saturated rings. The number of amides is 2. The molecule has 0 bridgehead atoms. The van der Waals surface area contributed by atoms with Crippen LogP contribution in [0.4, 0.5) is 14.9 Å². The van der Waals surface area contributed by atoms with E-state index < -0.39 is 0 Å². The fourth-order valence-electron chi connectivity index (χ4n) is 2.08. The first-order valence-electron chi connectivity index (χ1n) is 7.24. The Hall–Kier alpha value is -1.66. The van der Waals surface area contributed by atoms with Gasteiger partial charge in [0.25, 0.3) is 0 Å². The van der Waals surface area contributed by atoms with E-state index in [1.54, 1.807) is 0 Å². The van der Waals surface area contributed by atoms with Crippen LogP contribution in [0.2, 0.25) is 0 Å². The van der Waals surface area contributed by atoms with Gasteiger partial charge in [0.15, 0.2) is 0 Å². The predicted molar refractivity (Wildman–Crippen MR) is 77.8 cm³/mol. The molecule has 6 heteroatoms. The maximum atomic E-state index is 12.7. The SMILES string of the molecule is O=C(NCCCOCC1CCCO1)Nc1ccc(F)cc1. The van der Waals surface area contributed by atoms with E-state index in [1.807, 2.05) is 0 Å². The summed E-state index contributed by atoms with van der Waals surface area (Å²) in [6.07, 6.45) is 3.15. The summed E-state index contributed by atoms with van der Waals surface area (Å²) in [5.74, 6) is -0.329. The van der Waals surface area contributed by atoms with Crippen molar-refractivity contribution in [2.75, 3.05) is 31.7 Å². The number of anilines is 1. The van der Waals surface area contributed by atoms with Crippen LogP contribution in [0.5, 0.6) is 0 Å². The van der Waals surface area contributed by atoms with Crippen LogP contribution in [0.25, 0.3) is 0 Å². The summed E-state index contributed by atoms with van der Waals surface area (Å²) in [7, 11) is 0. The third-order valence-corrected chi connectivity index (χ3v) is 3.18. The van der Waals surface area contributed by atoms with Gasteiger partial charge in [-0.3, -0.25) is 0 Å². The van der Waals surface area contributed by atoms with E-state index in [1.165, 1.54) is 24.3 Å². The average Bonchev–Trinajstić information content (AvgIpc) is 2.98. The molecule has 2 rings (SSSR count). The van der Waals surface area contributed by atoms with Gasteiger partial charge in [-0.25, -0.2) is 9.18 Å². The predicted octanol–water partition coefficient (Wildman–Crippen LogP) is 2.53. The Morgan fingerprint density at radius 3 is 2.90 bits per heavy atom. The zero-order chi connectivity index (χ0) is 14.9. The zero-order valence-electron chi connectivity index (χ0n) is 11.9. The highest BCUT2D eigenvalue weighted by molar-refractivity contribution is 5.89. The molecule has 0 saturated carbocycles. The monoisotopic (exact) mass is 296 g/mol. The highest BCUT2D eigenvalue weighted by atomic mass is 19.1. The van der Waals surface area contributed by atoms with Crippen LogP contribution in [0.1, 0.15) is 19.3 Å². The van der Waals surface area contributed by atoms with Crippen LogP contribution in [0, 0.1) is 5.82 Å². The smallest absolute Gasteiger partial charge is 0.319 e. The van der Waals surface area contributed by atoms with Gasteiger partial charge in [0.2, 0.25) is 0 Å². The zero-order valence-corrected chi connectivity index (χ0v) is 11.9. The molecule has 1 unspecified atom stereocenters. The van der Waals surface area contributed by atoms with Crippen molar-refractivity contribution in [2.45, 2.75) is 25.4 Å². The standard InChI is InChI=1S/C15H21FN2O3/c16-12-4-6-13(7-5-12)18-15(19)17-8-2-9-20-11-14-3-1-10-21-14/h4-7,14H,1-3,8-11H2,(H2,17,18,19). The molecule has 1 aromatic rings. The van der Waals surface area contributed by atoms with Gasteiger partial charge in [-0.05, 0) is 43.5 Å². The van der Waals surface area contributed by atoms with Crippen LogP contribution >= 0.6 is 0 Å². The Morgan fingerprint density at radius 2 is 2.19 bits per heavy atom. The van der Waals surface area contributed by atoms with E-state index in [0.29, 0.717) is 25.4 Å². The van der Waals surface area contributed by atoms with Crippen molar-refractivity contribution >= 4 is 11.7 Å². The first-order valence-corrected chi connectivity index (χ1v) is 7.24. The van der Waals surface area contributed by atoms with Crippen LogP contribution in [0.3, 0.4) is 0 Å². The molecule has 1 aliphatic heterocycles. The van der Waals surface area contributed by atoms with E-state index in [4.69, 9.17) is 9.47 Å². The second-order valence-electron chi connectivity index (χ2n) is 4.95. The summed E-state index contributed by atoms with van der Waals surface area (Å²) in [5.41, 5.74) is 0.559. The molecule has 1 heterocycles. The largest absolute Gasteiger partial charge is 0.379 e. The van der Waals surface area contributed by atoms with Crippen molar-refractivity contribution in [1.29, 1.82) is 0 Å². The lowest BCUT2D eigenvalue weighted by Gasteiger charge is -2.10. The first kappa shape index (κ1) is 15.7. The fourth-order valence-corrected chi connectivity index (χ4v) is 2.08. The highest BCUT2D eigenvalue weighted by Gasteiger charge is 2.14. The molecule has 2 amide bonds. The minimum absolute atomic E-state index is 0.236. The first-order chi connectivity index (χ1) is 10.2. The van der Waals surface area contributed by atoms with Gasteiger partial charge < -0.3 is 20.1 Å². The third-order valence-electron chi connectivity index (χ3n) is 3.18. The second-order valence-corrected chi connectivity index (χ2v) is 4.95. The molecule has 1 aliphatic rings. The molecule has 1 atom stereocenters. The van der Waals surface area contributed by atoms with Gasteiger partial charge >= 0.3 is 6.03 Å². The molecule has 0 aliphatic carbocycles. The van der Waals surface area contributed by atoms with E-state index in [9.17, 15) is 9.18 Å². The summed E-state index contributed by atoms with van der Waals surface area (Å²) in [6, 6.07) is 5.32. The molecule has 21 heavy (non-hydrogen) atoms. The van der Waals surface area contributed by atoms with Crippen LogP contribution < -0.4 is 10.6 Å². The number of hydrogen-bond donors (Lipinski definition) is 2. The van der Waals surface area contributed by atoms with Crippen molar-refractivity contribution in [3.63, 3.8) is 0 Å². The summed E-state index contributed by atoms with van der Waals surface area (Å²) in [6.45, 7) is 2.58. The molecule has 0 aromatic heterocycles. The van der Waals surface area contributed by atoms with E-state index in [2.05, 4.69) is 10.6 Å². The molecule has 1 aromatic carbocycles. The topological polar surface area (TPSA) is 59.6 Å². The van der Waals surface area contributed by atoms with E-state index >= 15 is 0 Å². The van der Waals surface area contributed by atoms with E-state index in [0.717, 1.165) is 25.9 Å². The Morgan fingerprint density at radius 1 is 1.38 bits per heavy atom. The summed E-state index contributed by atoms with van der Waals surface area (Å²) in [4.78, 5) is 11.6. The van der Waals surface area contributed by atoms with Gasteiger partial charge in [0.1, 0.15) is 5.82 Å². The maximum absolute atomic E-state index is 12.7.